The third-order valence-corrected chi connectivity index (χ3v) is 4.69. The van der Waals surface area contributed by atoms with Crippen molar-refractivity contribution in [3.8, 4) is 11.9 Å². The Morgan fingerprint density at radius 1 is 1.33 bits per heavy atom. The zero-order valence-corrected chi connectivity index (χ0v) is 13.6. The van der Waals surface area contributed by atoms with E-state index in [-0.39, 0.29) is 5.88 Å². The average Bonchev–Trinajstić information content (AvgIpc) is 3.24. The molecule has 2 aromatic heterocycles. The summed E-state index contributed by atoms with van der Waals surface area (Å²) in [6.45, 7) is 0.898. The van der Waals surface area contributed by atoms with E-state index in [9.17, 15) is 5.11 Å². The van der Waals surface area contributed by atoms with Crippen molar-refractivity contribution in [1.29, 1.82) is 0 Å². The van der Waals surface area contributed by atoms with Crippen LogP contribution in [0.2, 0.25) is 0 Å². The number of fused-ring (bicyclic) bond motifs is 1. The number of nitrogens with zero attached hydrogens (tertiary/aromatic N) is 4. The van der Waals surface area contributed by atoms with Crippen LogP contribution in [0.1, 0.15) is 23.2 Å². The van der Waals surface area contributed by atoms with Crippen molar-refractivity contribution in [1.82, 2.24) is 19.7 Å². The number of aromatic nitrogens is 3. The largest absolute Gasteiger partial charge is 0.493 e. The average molecular weight is 324 g/mol. The molecule has 6 heteroatoms. The van der Waals surface area contributed by atoms with Crippen molar-refractivity contribution < 1.29 is 9.52 Å². The minimum atomic E-state index is 0.144. The number of benzene rings is 1. The van der Waals surface area contributed by atoms with Crippen LogP contribution >= 0.6 is 0 Å². The van der Waals surface area contributed by atoms with Gasteiger partial charge in [0, 0.05) is 18.2 Å². The summed E-state index contributed by atoms with van der Waals surface area (Å²) in [4.78, 5) is 6.41. The SMILES string of the molecule is CN(Cc1ccccc1)C1CCc2nn(-c3ncco3)c(O)c2C1. The van der Waals surface area contributed by atoms with E-state index in [1.165, 1.54) is 16.5 Å². The molecule has 1 aromatic carbocycles. The van der Waals surface area contributed by atoms with Gasteiger partial charge in [-0.3, -0.25) is 4.90 Å². The summed E-state index contributed by atoms with van der Waals surface area (Å²) < 4.78 is 6.64. The molecule has 0 aliphatic heterocycles. The van der Waals surface area contributed by atoms with Gasteiger partial charge in [0.05, 0.1) is 11.9 Å². The van der Waals surface area contributed by atoms with Gasteiger partial charge in [0.25, 0.3) is 0 Å². The fraction of sp³-hybridized carbons (Fsp3) is 0.333. The quantitative estimate of drug-likeness (QED) is 0.799. The van der Waals surface area contributed by atoms with Gasteiger partial charge in [-0.05, 0) is 31.9 Å². The molecule has 0 bridgehead atoms. The lowest BCUT2D eigenvalue weighted by molar-refractivity contribution is 0.212. The summed E-state index contributed by atoms with van der Waals surface area (Å²) in [7, 11) is 2.14. The van der Waals surface area contributed by atoms with E-state index in [4.69, 9.17) is 4.42 Å². The van der Waals surface area contributed by atoms with Crippen LogP contribution in [0, 0.1) is 0 Å². The first-order valence-corrected chi connectivity index (χ1v) is 8.16. The Balaban J connectivity index is 1.53. The molecule has 3 aromatic rings. The fourth-order valence-electron chi connectivity index (χ4n) is 3.37. The first-order valence-electron chi connectivity index (χ1n) is 8.16. The van der Waals surface area contributed by atoms with Crippen LogP contribution in [-0.4, -0.2) is 37.9 Å². The van der Waals surface area contributed by atoms with Crippen LogP contribution in [0.15, 0.2) is 47.2 Å². The number of aryl methyl sites for hydroxylation is 1. The lowest BCUT2D eigenvalue weighted by atomic mass is 9.92. The molecule has 0 spiro atoms. The van der Waals surface area contributed by atoms with E-state index < -0.39 is 0 Å². The minimum Gasteiger partial charge on any atom is -0.493 e. The highest BCUT2D eigenvalue weighted by atomic mass is 16.4. The van der Waals surface area contributed by atoms with Gasteiger partial charge in [0.1, 0.15) is 6.26 Å². The van der Waals surface area contributed by atoms with Crippen LogP contribution in [-0.2, 0) is 19.4 Å². The molecule has 124 valence electrons. The second kappa shape index (κ2) is 6.13. The third kappa shape index (κ3) is 2.69. The summed E-state index contributed by atoms with van der Waals surface area (Å²) in [5.74, 6) is 0.144. The maximum absolute atomic E-state index is 10.5. The number of oxazole rings is 1. The monoisotopic (exact) mass is 324 g/mol. The molecule has 1 atom stereocenters. The molecule has 1 unspecified atom stereocenters. The molecule has 0 radical (unpaired) electrons. The summed E-state index contributed by atoms with van der Waals surface area (Å²) in [6, 6.07) is 11.1. The molecule has 4 rings (SSSR count). The molecule has 0 saturated heterocycles. The number of hydrogen-bond donors (Lipinski definition) is 1. The van der Waals surface area contributed by atoms with Gasteiger partial charge in [-0.25, -0.2) is 4.98 Å². The molecule has 2 heterocycles. The predicted octanol–water partition coefficient (Wildman–Crippen LogP) is 2.56. The Morgan fingerprint density at radius 3 is 2.92 bits per heavy atom. The highest BCUT2D eigenvalue weighted by molar-refractivity contribution is 5.37. The zero-order chi connectivity index (χ0) is 16.5. The number of likely N-dealkylation sites (N-methyl/N-ethyl adjacent to an activating group) is 1. The molecular weight excluding hydrogens is 304 g/mol. The number of hydrogen-bond acceptors (Lipinski definition) is 5. The lowest BCUT2D eigenvalue weighted by Gasteiger charge is -2.30. The van der Waals surface area contributed by atoms with Crippen LogP contribution in [0.4, 0.5) is 0 Å². The smallest absolute Gasteiger partial charge is 0.325 e. The van der Waals surface area contributed by atoms with E-state index in [1.54, 1.807) is 6.20 Å². The van der Waals surface area contributed by atoms with Gasteiger partial charge < -0.3 is 9.52 Å². The number of rotatable bonds is 4. The van der Waals surface area contributed by atoms with Crippen molar-refractivity contribution in [2.45, 2.75) is 31.8 Å². The maximum atomic E-state index is 10.5. The summed E-state index contributed by atoms with van der Waals surface area (Å²) in [6.07, 6.45) is 5.68. The molecule has 0 fully saturated rings. The molecule has 24 heavy (non-hydrogen) atoms. The normalized spacial score (nSPS) is 17.2. The van der Waals surface area contributed by atoms with Crippen molar-refractivity contribution >= 4 is 0 Å². The van der Waals surface area contributed by atoms with Crippen LogP contribution in [0.25, 0.3) is 6.01 Å². The molecule has 1 N–H and O–H groups in total. The second-order valence-corrected chi connectivity index (χ2v) is 6.27. The lowest BCUT2D eigenvalue weighted by Crippen LogP contribution is -2.35. The first-order chi connectivity index (χ1) is 11.7. The predicted molar refractivity (Wildman–Crippen MR) is 89.0 cm³/mol. The Kier molecular flexibility index (Phi) is 3.82. The fourth-order valence-corrected chi connectivity index (χ4v) is 3.37. The van der Waals surface area contributed by atoms with Gasteiger partial charge in [-0.15, -0.1) is 4.68 Å². The summed E-state index contributed by atoms with van der Waals surface area (Å²) in [5, 5.41) is 15.0. The van der Waals surface area contributed by atoms with E-state index in [0.29, 0.717) is 12.1 Å². The summed E-state index contributed by atoms with van der Waals surface area (Å²) >= 11 is 0. The first kappa shape index (κ1) is 15.0. The second-order valence-electron chi connectivity index (χ2n) is 6.27. The zero-order valence-electron chi connectivity index (χ0n) is 13.6. The Bertz CT molecular complexity index is 811. The van der Waals surface area contributed by atoms with Crippen LogP contribution < -0.4 is 0 Å². The summed E-state index contributed by atoms with van der Waals surface area (Å²) in [5.41, 5.74) is 3.14. The van der Waals surface area contributed by atoms with Crippen molar-refractivity contribution in [2.24, 2.45) is 0 Å². The van der Waals surface area contributed by atoms with E-state index in [0.717, 1.165) is 37.1 Å². The third-order valence-electron chi connectivity index (χ3n) is 4.69. The van der Waals surface area contributed by atoms with Gasteiger partial charge in [0.15, 0.2) is 0 Å². The molecular formula is C18H20N4O2. The number of aromatic hydroxyl groups is 1. The van der Waals surface area contributed by atoms with Gasteiger partial charge in [-0.2, -0.15) is 5.10 Å². The standard InChI is InChI=1S/C18H20N4O2/c1-21(12-13-5-3-2-4-6-13)14-7-8-16-15(11-14)17(23)22(20-16)18-19-9-10-24-18/h2-6,9-10,14,23H,7-8,11-12H2,1H3. The van der Waals surface area contributed by atoms with E-state index in [2.05, 4.69) is 46.3 Å². The molecule has 0 amide bonds. The topological polar surface area (TPSA) is 67.3 Å². The van der Waals surface area contributed by atoms with Gasteiger partial charge in [-0.1, -0.05) is 30.3 Å². The van der Waals surface area contributed by atoms with Crippen LogP contribution in [0.3, 0.4) is 0 Å². The van der Waals surface area contributed by atoms with E-state index in [1.807, 2.05) is 6.07 Å². The molecule has 0 saturated carbocycles. The van der Waals surface area contributed by atoms with Gasteiger partial charge >= 0.3 is 6.01 Å². The Labute approximate surface area is 140 Å². The van der Waals surface area contributed by atoms with Crippen molar-refractivity contribution in [3.63, 3.8) is 0 Å². The van der Waals surface area contributed by atoms with Crippen molar-refractivity contribution in [3.05, 3.63) is 59.6 Å². The maximum Gasteiger partial charge on any atom is 0.325 e. The molecule has 1 aliphatic rings. The molecule has 1 aliphatic carbocycles. The Morgan fingerprint density at radius 2 is 2.17 bits per heavy atom. The van der Waals surface area contributed by atoms with E-state index >= 15 is 0 Å². The highest BCUT2D eigenvalue weighted by Crippen LogP contribution is 2.32. The van der Waals surface area contributed by atoms with Gasteiger partial charge in [0.2, 0.25) is 5.88 Å². The minimum absolute atomic E-state index is 0.144. The highest BCUT2D eigenvalue weighted by Gasteiger charge is 2.29. The Hall–Kier alpha value is -2.60. The van der Waals surface area contributed by atoms with Crippen LogP contribution in [0.5, 0.6) is 5.88 Å². The van der Waals surface area contributed by atoms with Crippen molar-refractivity contribution in [2.75, 3.05) is 7.05 Å². The molecule has 6 nitrogen and oxygen atoms in total.